The smallest absolute Gasteiger partial charge is 0.315 e. The van der Waals surface area contributed by atoms with E-state index in [9.17, 15) is 19.8 Å². The average molecular weight is 385 g/mol. The van der Waals surface area contributed by atoms with Gasteiger partial charge in [-0.2, -0.15) is 0 Å². The fourth-order valence-electron chi connectivity index (χ4n) is 3.95. The molecule has 3 amide bonds. The normalized spacial score (nSPS) is 32.3. The lowest BCUT2D eigenvalue weighted by molar-refractivity contribution is -0.139. The van der Waals surface area contributed by atoms with E-state index in [0.717, 1.165) is 25.7 Å². The van der Waals surface area contributed by atoms with Gasteiger partial charge in [0.2, 0.25) is 5.91 Å². The van der Waals surface area contributed by atoms with Gasteiger partial charge in [0, 0.05) is 25.7 Å². The molecule has 2 aliphatic heterocycles. The van der Waals surface area contributed by atoms with E-state index in [1.807, 2.05) is 0 Å². The number of ether oxygens (including phenoxy) is 2. The highest BCUT2D eigenvalue weighted by Gasteiger charge is 2.43. The minimum absolute atomic E-state index is 0.00297. The number of nitrogens with one attached hydrogen (secondary N) is 2. The maximum absolute atomic E-state index is 12.3. The summed E-state index contributed by atoms with van der Waals surface area (Å²) in [6.45, 7) is 2.14. The number of aliphatic hydroxyl groups is 2. The van der Waals surface area contributed by atoms with Gasteiger partial charge in [0.1, 0.15) is 18.3 Å². The highest BCUT2D eigenvalue weighted by molar-refractivity contribution is 5.77. The largest absolute Gasteiger partial charge is 0.388 e. The van der Waals surface area contributed by atoms with Crippen LogP contribution < -0.4 is 10.6 Å². The van der Waals surface area contributed by atoms with Crippen LogP contribution in [0.25, 0.3) is 0 Å². The molecule has 0 bridgehead atoms. The van der Waals surface area contributed by atoms with Gasteiger partial charge in [-0.3, -0.25) is 4.79 Å². The van der Waals surface area contributed by atoms with Crippen molar-refractivity contribution in [3.63, 3.8) is 0 Å². The molecule has 3 aliphatic rings. The maximum atomic E-state index is 12.3. The molecule has 0 aromatic rings. The first-order valence-electron chi connectivity index (χ1n) is 9.96. The molecular weight excluding hydrogens is 354 g/mol. The zero-order chi connectivity index (χ0) is 19.2. The van der Waals surface area contributed by atoms with Crippen LogP contribution in [0.5, 0.6) is 0 Å². The molecule has 0 radical (unpaired) electrons. The standard InChI is InChI=1S/C18H31N3O6/c22-15(21-6-8-26-9-7-21)10-13-16(23)17(24)14(27-13)11-19-18(25)20-12-4-2-1-3-5-12/h12-14,16-17,23-24H,1-11H2,(H2,19,20,25). The Kier molecular flexibility index (Phi) is 7.28. The number of carbonyl (C=O) groups excluding carboxylic acids is 2. The summed E-state index contributed by atoms with van der Waals surface area (Å²) in [5, 5.41) is 26.0. The SMILES string of the molecule is O=C(NCC1OC(CC(=O)N2CCOCC2)C(O)C1O)NC1CCCCC1. The van der Waals surface area contributed by atoms with E-state index >= 15 is 0 Å². The van der Waals surface area contributed by atoms with Crippen molar-refractivity contribution in [2.75, 3.05) is 32.8 Å². The first kappa shape index (κ1) is 20.3. The number of hydrogen-bond donors (Lipinski definition) is 4. The van der Waals surface area contributed by atoms with Gasteiger partial charge in [-0.15, -0.1) is 0 Å². The van der Waals surface area contributed by atoms with E-state index < -0.39 is 24.4 Å². The Balaban J connectivity index is 1.42. The van der Waals surface area contributed by atoms with Crippen molar-refractivity contribution in [2.45, 2.75) is 69.0 Å². The van der Waals surface area contributed by atoms with Gasteiger partial charge in [0.05, 0.1) is 25.7 Å². The summed E-state index contributed by atoms with van der Waals surface area (Å²) in [7, 11) is 0. The van der Waals surface area contributed by atoms with Crippen molar-refractivity contribution < 1.29 is 29.3 Å². The van der Waals surface area contributed by atoms with Crippen LogP contribution in [-0.4, -0.2) is 90.4 Å². The third-order valence-electron chi connectivity index (χ3n) is 5.61. The molecule has 2 saturated heterocycles. The Bertz CT molecular complexity index is 507. The van der Waals surface area contributed by atoms with Crippen molar-refractivity contribution in [3.8, 4) is 0 Å². The topological polar surface area (TPSA) is 120 Å². The predicted molar refractivity (Wildman–Crippen MR) is 96.1 cm³/mol. The van der Waals surface area contributed by atoms with Crippen LogP contribution >= 0.6 is 0 Å². The minimum Gasteiger partial charge on any atom is -0.388 e. The lowest BCUT2D eigenvalue weighted by Crippen LogP contribution is -2.47. The molecule has 27 heavy (non-hydrogen) atoms. The van der Waals surface area contributed by atoms with E-state index in [2.05, 4.69) is 10.6 Å². The van der Waals surface area contributed by atoms with E-state index in [0.29, 0.717) is 26.3 Å². The number of rotatable bonds is 5. The molecule has 0 spiro atoms. The molecular formula is C18H31N3O6. The molecule has 0 aromatic heterocycles. The van der Waals surface area contributed by atoms with Gasteiger partial charge in [0.15, 0.2) is 0 Å². The summed E-state index contributed by atoms with van der Waals surface area (Å²) in [6.07, 6.45) is 1.64. The summed E-state index contributed by atoms with van der Waals surface area (Å²) in [4.78, 5) is 26.0. The second-order valence-electron chi connectivity index (χ2n) is 7.58. The second kappa shape index (κ2) is 9.68. The highest BCUT2D eigenvalue weighted by atomic mass is 16.5. The zero-order valence-electron chi connectivity index (χ0n) is 15.6. The predicted octanol–water partition coefficient (Wildman–Crippen LogP) is -0.644. The molecule has 3 fully saturated rings. The molecule has 1 aliphatic carbocycles. The fourth-order valence-corrected chi connectivity index (χ4v) is 3.95. The third kappa shape index (κ3) is 5.54. The molecule has 2 heterocycles. The van der Waals surface area contributed by atoms with E-state index in [4.69, 9.17) is 9.47 Å². The van der Waals surface area contributed by atoms with Crippen LogP contribution in [0.1, 0.15) is 38.5 Å². The van der Waals surface area contributed by atoms with Crippen LogP contribution in [0.15, 0.2) is 0 Å². The molecule has 154 valence electrons. The fraction of sp³-hybridized carbons (Fsp3) is 0.889. The molecule has 4 N–H and O–H groups in total. The number of nitrogens with zero attached hydrogens (tertiary/aromatic N) is 1. The Morgan fingerprint density at radius 2 is 1.67 bits per heavy atom. The van der Waals surface area contributed by atoms with Gasteiger partial charge in [0.25, 0.3) is 0 Å². The molecule has 3 rings (SSSR count). The van der Waals surface area contributed by atoms with Crippen LogP contribution in [0.4, 0.5) is 4.79 Å². The summed E-state index contributed by atoms with van der Waals surface area (Å²) in [6, 6.07) is -0.0994. The summed E-state index contributed by atoms with van der Waals surface area (Å²) >= 11 is 0. The second-order valence-corrected chi connectivity index (χ2v) is 7.58. The number of aliphatic hydroxyl groups excluding tert-OH is 2. The minimum atomic E-state index is -1.15. The molecule has 1 saturated carbocycles. The van der Waals surface area contributed by atoms with E-state index in [1.165, 1.54) is 6.42 Å². The average Bonchev–Trinajstić information content (AvgIpc) is 2.95. The number of hydrogen-bond acceptors (Lipinski definition) is 6. The Hall–Kier alpha value is -1.42. The van der Waals surface area contributed by atoms with Gasteiger partial charge in [-0.05, 0) is 12.8 Å². The van der Waals surface area contributed by atoms with Gasteiger partial charge >= 0.3 is 6.03 Å². The quantitative estimate of drug-likeness (QED) is 0.500. The number of carbonyl (C=O) groups is 2. The van der Waals surface area contributed by atoms with Crippen LogP contribution in [0.2, 0.25) is 0 Å². The Morgan fingerprint density at radius 1 is 1.00 bits per heavy atom. The van der Waals surface area contributed by atoms with Crippen molar-refractivity contribution >= 4 is 11.9 Å². The third-order valence-corrected chi connectivity index (χ3v) is 5.61. The van der Waals surface area contributed by atoms with Crippen LogP contribution in [0.3, 0.4) is 0 Å². The highest BCUT2D eigenvalue weighted by Crippen LogP contribution is 2.24. The van der Waals surface area contributed by atoms with E-state index in [-0.39, 0.29) is 30.9 Å². The Morgan fingerprint density at radius 3 is 2.37 bits per heavy atom. The monoisotopic (exact) mass is 385 g/mol. The van der Waals surface area contributed by atoms with Gasteiger partial charge in [-0.25, -0.2) is 4.79 Å². The van der Waals surface area contributed by atoms with Gasteiger partial charge < -0.3 is 35.2 Å². The molecule has 9 heteroatoms. The first-order valence-corrected chi connectivity index (χ1v) is 9.96. The summed E-state index contributed by atoms with van der Waals surface area (Å²) < 4.78 is 10.9. The Labute approximate surface area is 159 Å². The molecule has 0 aromatic carbocycles. The van der Waals surface area contributed by atoms with Crippen molar-refractivity contribution in [2.24, 2.45) is 0 Å². The zero-order valence-corrected chi connectivity index (χ0v) is 15.6. The lowest BCUT2D eigenvalue weighted by Gasteiger charge is -2.28. The lowest BCUT2D eigenvalue weighted by atomic mass is 9.96. The molecule has 9 nitrogen and oxygen atoms in total. The first-order chi connectivity index (χ1) is 13.0. The number of urea groups is 1. The molecule has 4 atom stereocenters. The van der Waals surface area contributed by atoms with Crippen LogP contribution in [0, 0.1) is 0 Å². The number of morpholine rings is 1. The van der Waals surface area contributed by atoms with Crippen molar-refractivity contribution in [1.29, 1.82) is 0 Å². The molecule has 4 unspecified atom stereocenters. The van der Waals surface area contributed by atoms with Gasteiger partial charge in [-0.1, -0.05) is 19.3 Å². The maximum Gasteiger partial charge on any atom is 0.315 e. The van der Waals surface area contributed by atoms with E-state index in [1.54, 1.807) is 4.90 Å². The van der Waals surface area contributed by atoms with Crippen molar-refractivity contribution in [3.05, 3.63) is 0 Å². The van der Waals surface area contributed by atoms with Crippen molar-refractivity contribution in [1.82, 2.24) is 15.5 Å². The number of amides is 3. The summed E-state index contributed by atoms with van der Waals surface area (Å²) in [5.74, 6) is -0.127. The van der Waals surface area contributed by atoms with Crippen LogP contribution in [-0.2, 0) is 14.3 Å². The summed E-state index contributed by atoms with van der Waals surface area (Å²) in [5.41, 5.74) is 0.